The summed E-state index contributed by atoms with van der Waals surface area (Å²) in [6.45, 7) is 5.28. The first-order chi connectivity index (χ1) is 14.0. The molecule has 29 heavy (non-hydrogen) atoms. The van der Waals surface area contributed by atoms with Crippen molar-refractivity contribution in [2.75, 3.05) is 31.1 Å². The SMILES string of the molecule is CC(c1nnc(-c2ccc([N+](=O)[O-])cc2)o1)N1CCN(c2ccc(F)cc2)CC1. The van der Waals surface area contributed by atoms with Crippen molar-refractivity contribution in [3.05, 3.63) is 70.4 Å². The van der Waals surface area contributed by atoms with E-state index in [9.17, 15) is 14.5 Å². The number of nitro benzene ring substituents is 1. The predicted molar refractivity (Wildman–Crippen MR) is 105 cm³/mol. The van der Waals surface area contributed by atoms with Gasteiger partial charge in [0.15, 0.2) is 0 Å². The summed E-state index contributed by atoms with van der Waals surface area (Å²) in [6.07, 6.45) is 0. The number of benzene rings is 2. The van der Waals surface area contributed by atoms with Gasteiger partial charge in [-0.3, -0.25) is 15.0 Å². The zero-order valence-electron chi connectivity index (χ0n) is 15.9. The van der Waals surface area contributed by atoms with Crippen LogP contribution >= 0.6 is 0 Å². The molecule has 0 spiro atoms. The third-order valence-corrected chi connectivity index (χ3v) is 5.18. The number of piperazine rings is 1. The highest BCUT2D eigenvalue weighted by atomic mass is 19.1. The lowest BCUT2D eigenvalue weighted by Gasteiger charge is -2.38. The second-order valence-corrected chi connectivity index (χ2v) is 6.92. The maximum atomic E-state index is 13.1. The summed E-state index contributed by atoms with van der Waals surface area (Å²) < 4.78 is 18.9. The molecule has 2 heterocycles. The monoisotopic (exact) mass is 397 g/mol. The van der Waals surface area contributed by atoms with Crippen molar-refractivity contribution >= 4 is 11.4 Å². The van der Waals surface area contributed by atoms with Crippen LogP contribution in [0.2, 0.25) is 0 Å². The summed E-state index contributed by atoms with van der Waals surface area (Å²) in [5.74, 6) is 0.613. The predicted octanol–water partition coefficient (Wildman–Crippen LogP) is 3.67. The number of nitrogens with zero attached hydrogens (tertiary/aromatic N) is 5. The molecule has 0 N–H and O–H groups in total. The number of hydrogen-bond donors (Lipinski definition) is 0. The highest BCUT2D eigenvalue weighted by molar-refractivity contribution is 5.55. The van der Waals surface area contributed by atoms with Crippen molar-refractivity contribution in [3.8, 4) is 11.5 Å². The molecule has 1 unspecified atom stereocenters. The van der Waals surface area contributed by atoms with Crippen molar-refractivity contribution in [3.63, 3.8) is 0 Å². The third-order valence-electron chi connectivity index (χ3n) is 5.18. The Hall–Kier alpha value is -3.33. The fourth-order valence-corrected chi connectivity index (χ4v) is 3.42. The van der Waals surface area contributed by atoms with Gasteiger partial charge in [0.2, 0.25) is 11.8 Å². The first-order valence-electron chi connectivity index (χ1n) is 9.34. The van der Waals surface area contributed by atoms with E-state index in [1.165, 1.54) is 24.3 Å². The Morgan fingerprint density at radius 1 is 1.03 bits per heavy atom. The van der Waals surface area contributed by atoms with E-state index in [0.717, 1.165) is 31.9 Å². The molecule has 1 aromatic heterocycles. The Kier molecular flexibility index (Phi) is 5.22. The number of anilines is 1. The van der Waals surface area contributed by atoms with Crippen LogP contribution in [-0.4, -0.2) is 46.2 Å². The van der Waals surface area contributed by atoms with Crippen molar-refractivity contribution < 1.29 is 13.7 Å². The van der Waals surface area contributed by atoms with E-state index in [1.54, 1.807) is 24.3 Å². The van der Waals surface area contributed by atoms with E-state index in [-0.39, 0.29) is 17.5 Å². The molecule has 3 aromatic rings. The van der Waals surface area contributed by atoms with Crippen LogP contribution in [0.5, 0.6) is 0 Å². The number of rotatable bonds is 5. The van der Waals surface area contributed by atoms with E-state index in [0.29, 0.717) is 17.3 Å². The highest BCUT2D eigenvalue weighted by Crippen LogP contribution is 2.27. The molecular formula is C20H20FN5O3. The lowest BCUT2D eigenvalue weighted by Crippen LogP contribution is -2.47. The van der Waals surface area contributed by atoms with Gasteiger partial charge < -0.3 is 9.32 Å². The molecule has 0 saturated carbocycles. The van der Waals surface area contributed by atoms with E-state index in [1.807, 2.05) is 6.92 Å². The van der Waals surface area contributed by atoms with Gasteiger partial charge in [-0.1, -0.05) is 0 Å². The standard InChI is InChI=1S/C20H20FN5O3/c1-14(24-10-12-25(13-11-24)17-8-4-16(21)5-9-17)19-22-23-20(29-19)15-2-6-18(7-3-15)26(27)28/h2-9,14H,10-13H2,1H3. The van der Waals surface area contributed by atoms with Crippen molar-refractivity contribution in [1.29, 1.82) is 0 Å². The summed E-state index contributed by atoms with van der Waals surface area (Å²) in [7, 11) is 0. The van der Waals surface area contributed by atoms with Gasteiger partial charge in [0.1, 0.15) is 5.82 Å². The molecule has 8 nitrogen and oxygen atoms in total. The second kappa shape index (κ2) is 7.96. The molecule has 0 bridgehead atoms. The van der Waals surface area contributed by atoms with Gasteiger partial charge in [-0.05, 0) is 43.3 Å². The quantitative estimate of drug-likeness (QED) is 0.479. The first-order valence-corrected chi connectivity index (χ1v) is 9.34. The Morgan fingerprint density at radius 2 is 1.69 bits per heavy atom. The van der Waals surface area contributed by atoms with Crippen LogP contribution in [-0.2, 0) is 0 Å². The Bertz CT molecular complexity index is 982. The summed E-state index contributed by atoms with van der Waals surface area (Å²) in [5, 5.41) is 19.0. The number of non-ortho nitro benzene ring substituents is 1. The lowest BCUT2D eigenvalue weighted by atomic mass is 10.2. The number of nitro groups is 1. The van der Waals surface area contributed by atoms with Gasteiger partial charge in [0, 0.05) is 49.6 Å². The van der Waals surface area contributed by atoms with Crippen molar-refractivity contribution in [2.45, 2.75) is 13.0 Å². The van der Waals surface area contributed by atoms with Gasteiger partial charge in [0.25, 0.3) is 5.69 Å². The molecule has 1 saturated heterocycles. The Labute approximate surface area is 166 Å². The minimum absolute atomic E-state index is 0.0147. The summed E-state index contributed by atoms with van der Waals surface area (Å²) in [5.41, 5.74) is 1.67. The molecule has 1 aliphatic rings. The normalized spacial score (nSPS) is 16.0. The van der Waals surface area contributed by atoms with Gasteiger partial charge in [-0.25, -0.2) is 4.39 Å². The van der Waals surface area contributed by atoms with Crippen LogP contribution in [0.15, 0.2) is 52.9 Å². The molecule has 150 valence electrons. The van der Waals surface area contributed by atoms with Gasteiger partial charge in [-0.2, -0.15) is 0 Å². The highest BCUT2D eigenvalue weighted by Gasteiger charge is 2.26. The average Bonchev–Trinajstić information content (AvgIpc) is 3.24. The Balaban J connectivity index is 1.40. The molecule has 9 heteroatoms. The Morgan fingerprint density at radius 3 is 2.31 bits per heavy atom. The van der Waals surface area contributed by atoms with Gasteiger partial charge >= 0.3 is 0 Å². The minimum Gasteiger partial charge on any atom is -0.419 e. The molecule has 2 aromatic carbocycles. The first kappa shape index (κ1) is 19.0. The van der Waals surface area contributed by atoms with Crippen molar-refractivity contribution in [1.82, 2.24) is 15.1 Å². The van der Waals surface area contributed by atoms with Gasteiger partial charge in [-0.15, -0.1) is 10.2 Å². The molecule has 1 atom stereocenters. The number of halogens is 1. The summed E-state index contributed by atoms with van der Waals surface area (Å²) in [6, 6.07) is 12.5. The molecule has 0 amide bonds. The third kappa shape index (κ3) is 4.09. The minimum atomic E-state index is -0.448. The van der Waals surface area contributed by atoms with Crippen LogP contribution in [0.1, 0.15) is 18.9 Å². The zero-order chi connectivity index (χ0) is 20.4. The second-order valence-electron chi connectivity index (χ2n) is 6.92. The fraction of sp³-hybridized carbons (Fsp3) is 0.300. The van der Waals surface area contributed by atoms with Crippen LogP contribution in [0.25, 0.3) is 11.5 Å². The molecule has 0 radical (unpaired) electrons. The van der Waals surface area contributed by atoms with Crippen LogP contribution in [0, 0.1) is 15.9 Å². The average molecular weight is 397 g/mol. The number of aromatic nitrogens is 2. The summed E-state index contributed by atoms with van der Waals surface area (Å²) in [4.78, 5) is 14.8. The van der Waals surface area contributed by atoms with E-state index in [4.69, 9.17) is 4.42 Å². The lowest BCUT2D eigenvalue weighted by molar-refractivity contribution is -0.384. The van der Waals surface area contributed by atoms with E-state index in [2.05, 4.69) is 20.0 Å². The van der Waals surface area contributed by atoms with Gasteiger partial charge in [0.05, 0.1) is 11.0 Å². The fourth-order valence-electron chi connectivity index (χ4n) is 3.42. The van der Waals surface area contributed by atoms with Crippen LogP contribution < -0.4 is 4.90 Å². The smallest absolute Gasteiger partial charge is 0.269 e. The molecule has 4 rings (SSSR count). The van der Waals surface area contributed by atoms with E-state index >= 15 is 0 Å². The van der Waals surface area contributed by atoms with Crippen molar-refractivity contribution in [2.24, 2.45) is 0 Å². The maximum absolute atomic E-state index is 13.1. The molecule has 1 fully saturated rings. The van der Waals surface area contributed by atoms with E-state index < -0.39 is 4.92 Å². The molecule has 1 aliphatic heterocycles. The largest absolute Gasteiger partial charge is 0.419 e. The molecular weight excluding hydrogens is 377 g/mol. The zero-order valence-corrected chi connectivity index (χ0v) is 15.9. The van der Waals surface area contributed by atoms with Crippen LogP contribution in [0.4, 0.5) is 15.8 Å². The van der Waals surface area contributed by atoms with Crippen LogP contribution in [0.3, 0.4) is 0 Å². The molecule has 0 aliphatic carbocycles. The maximum Gasteiger partial charge on any atom is 0.269 e. The summed E-state index contributed by atoms with van der Waals surface area (Å²) >= 11 is 0. The topological polar surface area (TPSA) is 88.5 Å². The number of hydrogen-bond acceptors (Lipinski definition) is 7.